The van der Waals surface area contributed by atoms with Crippen LogP contribution in [0.25, 0.3) is 0 Å². The lowest BCUT2D eigenvalue weighted by Crippen LogP contribution is -2.78. The van der Waals surface area contributed by atoms with E-state index in [0.717, 1.165) is 16.8 Å². The number of allylic oxidation sites excluding steroid dienone is 1. The number of benzene rings is 2. The van der Waals surface area contributed by atoms with Crippen molar-refractivity contribution in [1.82, 2.24) is 4.90 Å². The number of methoxy groups -OCH3 is 5. The lowest BCUT2D eigenvalue weighted by Gasteiger charge is -2.64. The van der Waals surface area contributed by atoms with E-state index in [0.29, 0.717) is 42.4 Å². The molecule has 4 heterocycles. The molecule has 11 heteroatoms. The number of ether oxygens (including phenoxy) is 7. The molecular formula is C32H36N2O9. The first kappa shape index (κ1) is 27.8. The smallest absolute Gasteiger partial charge is 0.338 e. The molecule has 0 radical (unpaired) electrons. The van der Waals surface area contributed by atoms with Crippen molar-refractivity contribution in [2.45, 2.75) is 43.2 Å². The summed E-state index contributed by atoms with van der Waals surface area (Å²) in [5, 5.41) is 3.72. The Morgan fingerprint density at radius 1 is 1.05 bits per heavy atom. The molecule has 1 saturated carbocycles. The normalized spacial score (nSPS) is 33.4. The van der Waals surface area contributed by atoms with E-state index < -0.39 is 28.5 Å². The van der Waals surface area contributed by atoms with Gasteiger partial charge in [0.25, 0.3) is 0 Å². The van der Waals surface area contributed by atoms with Gasteiger partial charge in [0.05, 0.1) is 52.6 Å². The Bertz CT molecular complexity index is 1530. The maximum Gasteiger partial charge on any atom is 0.338 e. The zero-order valence-corrected chi connectivity index (χ0v) is 25.1. The van der Waals surface area contributed by atoms with Crippen molar-refractivity contribution in [3.8, 4) is 23.0 Å². The molecule has 4 fully saturated rings. The molecule has 43 heavy (non-hydrogen) atoms. The molecule has 1 aliphatic carbocycles. The Kier molecular flexibility index (Phi) is 6.17. The fourth-order valence-corrected chi connectivity index (χ4v) is 8.91. The first-order valence-corrected chi connectivity index (χ1v) is 14.4. The number of hydrogen-bond acceptors (Lipinski definition) is 11. The van der Waals surface area contributed by atoms with Crippen LogP contribution in [0.15, 0.2) is 42.0 Å². The van der Waals surface area contributed by atoms with Crippen molar-refractivity contribution in [2.75, 3.05) is 54.0 Å². The van der Waals surface area contributed by atoms with Crippen molar-refractivity contribution in [2.24, 2.45) is 11.3 Å². The van der Waals surface area contributed by atoms with Gasteiger partial charge in [0.1, 0.15) is 24.0 Å². The molecule has 0 unspecified atom stereocenters. The minimum absolute atomic E-state index is 0.0157. The summed E-state index contributed by atoms with van der Waals surface area (Å²) in [7, 11) is 7.47. The first-order chi connectivity index (χ1) is 20.8. The maximum absolute atomic E-state index is 14.5. The number of nitrogens with one attached hydrogen (secondary N) is 1. The average Bonchev–Trinajstić information content (AvgIpc) is 3.66. The van der Waals surface area contributed by atoms with Crippen molar-refractivity contribution in [3.63, 3.8) is 0 Å². The third-order valence-corrected chi connectivity index (χ3v) is 10.6. The lowest BCUT2D eigenvalue weighted by atomic mass is 9.42. The molecule has 0 amide bonds. The van der Waals surface area contributed by atoms with Crippen LogP contribution >= 0.6 is 0 Å². The first-order valence-electron chi connectivity index (χ1n) is 14.4. The van der Waals surface area contributed by atoms with E-state index in [2.05, 4.69) is 16.3 Å². The van der Waals surface area contributed by atoms with Gasteiger partial charge in [-0.25, -0.2) is 4.79 Å². The van der Waals surface area contributed by atoms with Crippen LogP contribution in [-0.2, 0) is 24.4 Å². The monoisotopic (exact) mass is 592 g/mol. The number of nitrogens with zero attached hydrogens (tertiary/aromatic N) is 1. The number of anilines is 1. The van der Waals surface area contributed by atoms with Crippen LogP contribution in [0.2, 0.25) is 0 Å². The lowest BCUT2D eigenvalue weighted by molar-refractivity contribution is -0.191. The highest BCUT2D eigenvalue weighted by atomic mass is 16.6. The number of piperidine rings is 2. The molecule has 6 atom stereocenters. The molecule has 4 aliphatic heterocycles. The quantitative estimate of drug-likeness (QED) is 0.359. The number of fused-ring (bicyclic) bond motifs is 4. The van der Waals surface area contributed by atoms with Crippen LogP contribution in [0.5, 0.6) is 23.0 Å². The van der Waals surface area contributed by atoms with Gasteiger partial charge in [0.15, 0.2) is 17.2 Å². The Morgan fingerprint density at radius 2 is 1.79 bits per heavy atom. The molecule has 1 N–H and O–H groups in total. The molecule has 2 aromatic carbocycles. The Morgan fingerprint density at radius 3 is 2.42 bits per heavy atom. The summed E-state index contributed by atoms with van der Waals surface area (Å²) >= 11 is 0. The Hall–Kier alpha value is -3.96. The van der Waals surface area contributed by atoms with Crippen molar-refractivity contribution >= 4 is 17.6 Å². The zero-order chi connectivity index (χ0) is 30.3. The standard InChI is InChI=1S/C32H36N2O9/c1-7-17-15-34-25-13-20(17)30(29(36)41-6,16-42-28(35)18-10-23(38-3)27(40-5)24(11-18)39-4)31-14-26(34)43-32(25,31)33-22-9-8-19(37-2)12-21(22)31/h7-12,20,25-26,33H,13-16H2,1-6H3/b17-7+/t20-,25-,26-,30-,31-,32-/m0/s1. The van der Waals surface area contributed by atoms with Gasteiger partial charge in [0, 0.05) is 24.6 Å². The molecule has 0 aromatic heterocycles. The third-order valence-electron chi connectivity index (χ3n) is 10.6. The molecule has 4 bridgehead atoms. The number of esters is 2. The van der Waals surface area contributed by atoms with E-state index >= 15 is 0 Å². The van der Waals surface area contributed by atoms with Crippen molar-refractivity contribution in [3.05, 3.63) is 53.1 Å². The summed E-state index contributed by atoms with van der Waals surface area (Å²) in [6.07, 6.45) is 3.03. The number of carbonyl (C=O) groups is 2. The van der Waals surface area contributed by atoms with Crippen LogP contribution in [0.4, 0.5) is 5.69 Å². The second-order valence-electron chi connectivity index (χ2n) is 11.7. The summed E-state index contributed by atoms with van der Waals surface area (Å²) < 4.78 is 40.8. The van der Waals surface area contributed by atoms with Gasteiger partial charge in [0.2, 0.25) is 5.75 Å². The second-order valence-corrected chi connectivity index (χ2v) is 11.7. The fraction of sp³-hybridized carbons (Fsp3) is 0.500. The van der Waals surface area contributed by atoms with E-state index in [-0.39, 0.29) is 30.4 Å². The van der Waals surface area contributed by atoms with Crippen LogP contribution in [0, 0.1) is 11.3 Å². The topological polar surface area (TPSA) is 114 Å². The average molecular weight is 593 g/mol. The summed E-state index contributed by atoms with van der Waals surface area (Å²) in [5.41, 5.74) is -0.0273. The van der Waals surface area contributed by atoms with Gasteiger partial charge in [-0.1, -0.05) is 11.6 Å². The molecule has 11 nitrogen and oxygen atoms in total. The highest BCUT2D eigenvalue weighted by Crippen LogP contribution is 2.76. The largest absolute Gasteiger partial charge is 0.497 e. The van der Waals surface area contributed by atoms with E-state index in [1.165, 1.54) is 28.4 Å². The van der Waals surface area contributed by atoms with Crippen LogP contribution in [-0.4, -0.2) is 83.5 Å². The minimum atomic E-state index is -1.30. The van der Waals surface area contributed by atoms with Gasteiger partial charge >= 0.3 is 11.9 Å². The van der Waals surface area contributed by atoms with E-state index in [1.54, 1.807) is 19.2 Å². The van der Waals surface area contributed by atoms with E-state index in [4.69, 9.17) is 33.2 Å². The van der Waals surface area contributed by atoms with E-state index in [1.807, 2.05) is 25.1 Å². The van der Waals surface area contributed by atoms with Gasteiger partial charge in [-0.05, 0) is 49.2 Å². The third kappa shape index (κ3) is 3.21. The molecule has 2 aromatic rings. The highest BCUT2D eigenvalue weighted by molar-refractivity contribution is 5.92. The van der Waals surface area contributed by atoms with Gasteiger partial charge in [-0.15, -0.1) is 0 Å². The SMILES string of the molecule is C/C=C1\CN2[C@@H]3C[C@@]45c6cc(OC)ccc6N[C@]4(O3)[C@@H]2C[C@@H]1[C@@]5(COC(=O)c1cc(OC)c(OC)c(OC)c1)C(=O)OC. The van der Waals surface area contributed by atoms with Gasteiger partial charge < -0.3 is 38.5 Å². The van der Waals surface area contributed by atoms with Crippen LogP contribution in [0.1, 0.15) is 35.7 Å². The predicted molar refractivity (Wildman–Crippen MR) is 154 cm³/mol. The number of hydrogen-bond donors (Lipinski definition) is 1. The molecule has 1 spiro atoms. The number of carbonyl (C=O) groups excluding carboxylic acids is 2. The summed E-state index contributed by atoms with van der Waals surface area (Å²) in [5.74, 6) is 0.347. The Balaban J connectivity index is 1.40. The predicted octanol–water partition coefficient (Wildman–Crippen LogP) is 3.51. The molecule has 5 aliphatic rings. The molecule has 3 saturated heterocycles. The minimum Gasteiger partial charge on any atom is -0.497 e. The second kappa shape index (κ2) is 9.52. The van der Waals surface area contributed by atoms with Crippen molar-refractivity contribution in [1.29, 1.82) is 0 Å². The van der Waals surface area contributed by atoms with Crippen LogP contribution in [0.3, 0.4) is 0 Å². The van der Waals surface area contributed by atoms with Crippen LogP contribution < -0.4 is 24.3 Å². The molecule has 7 rings (SSSR count). The van der Waals surface area contributed by atoms with Crippen molar-refractivity contribution < 1.29 is 42.7 Å². The zero-order valence-electron chi connectivity index (χ0n) is 25.1. The summed E-state index contributed by atoms with van der Waals surface area (Å²) in [6.45, 7) is 2.43. The highest BCUT2D eigenvalue weighted by Gasteiger charge is 2.87. The fourth-order valence-electron chi connectivity index (χ4n) is 8.91. The van der Waals surface area contributed by atoms with E-state index in [9.17, 15) is 9.59 Å². The summed E-state index contributed by atoms with van der Waals surface area (Å²) in [6, 6.07) is 8.95. The van der Waals surface area contributed by atoms with Gasteiger partial charge in [-0.3, -0.25) is 9.69 Å². The summed E-state index contributed by atoms with van der Waals surface area (Å²) in [4.78, 5) is 30.7. The Labute approximate surface area is 249 Å². The van der Waals surface area contributed by atoms with Gasteiger partial charge in [-0.2, -0.15) is 0 Å². The number of rotatable bonds is 8. The maximum atomic E-state index is 14.5. The molecule has 228 valence electrons. The molecular weight excluding hydrogens is 556 g/mol.